The van der Waals surface area contributed by atoms with Crippen LogP contribution in [0.3, 0.4) is 0 Å². The fourth-order valence-corrected chi connectivity index (χ4v) is 1.52. The Labute approximate surface area is 97.5 Å². The number of nitrogens with one attached hydrogen (secondary N) is 2. The number of benzene rings is 1. The molecule has 2 aromatic rings. The fraction of sp³-hybridized carbons (Fsp3) is 0.273. The van der Waals surface area contributed by atoms with Crippen molar-refractivity contribution >= 4 is 0 Å². The maximum atomic E-state index is 11.5. The smallest absolute Gasteiger partial charge is 0.395 e. The number of para-hydroxylation sites is 1. The number of nitrogens with zero attached hydrogens (tertiary/aromatic N) is 1. The van der Waals surface area contributed by atoms with E-state index >= 15 is 0 Å². The van der Waals surface area contributed by atoms with E-state index in [1.807, 2.05) is 30.3 Å². The topological polar surface area (TPSA) is 82.1 Å². The van der Waals surface area contributed by atoms with Crippen molar-refractivity contribution in [3.63, 3.8) is 0 Å². The van der Waals surface area contributed by atoms with Gasteiger partial charge < -0.3 is 10.4 Å². The number of H-pyrrole nitrogens is 1. The summed E-state index contributed by atoms with van der Waals surface area (Å²) in [5, 5.41) is 14.2. The van der Waals surface area contributed by atoms with Crippen molar-refractivity contribution in [1.82, 2.24) is 10.6 Å². The molecule has 0 amide bonds. The highest BCUT2D eigenvalue weighted by molar-refractivity contribution is 5.21. The number of hydrogen-bond acceptors (Lipinski definition) is 4. The van der Waals surface area contributed by atoms with Gasteiger partial charge in [0.05, 0.1) is 13.2 Å². The third-order valence-electron chi connectivity index (χ3n) is 2.33. The Bertz CT molecular complexity index is 518. The van der Waals surface area contributed by atoms with E-state index in [2.05, 4.69) is 10.6 Å². The second-order valence-corrected chi connectivity index (χ2v) is 3.50. The summed E-state index contributed by atoms with van der Waals surface area (Å²) >= 11 is 0. The van der Waals surface area contributed by atoms with E-state index in [0.29, 0.717) is 18.8 Å². The lowest BCUT2D eigenvalue weighted by atomic mass is 10.3. The van der Waals surface area contributed by atoms with Crippen LogP contribution in [0, 0.1) is 0 Å². The van der Waals surface area contributed by atoms with E-state index in [4.69, 9.17) is 9.63 Å². The van der Waals surface area contributed by atoms with Crippen LogP contribution in [-0.4, -0.2) is 23.5 Å². The van der Waals surface area contributed by atoms with Gasteiger partial charge in [0.25, 0.3) is 0 Å². The average Bonchev–Trinajstić information content (AvgIpc) is 2.73. The summed E-state index contributed by atoms with van der Waals surface area (Å²) in [7, 11) is 0. The zero-order chi connectivity index (χ0) is 12.1. The maximum absolute atomic E-state index is 11.5. The minimum absolute atomic E-state index is 0.0289. The highest BCUT2D eigenvalue weighted by Gasteiger charge is 2.21. The number of aromatic nitrogens is 2. The summed E-state index contributed by atoms with van der Waals surface area (Å²) in [5.74, 6) is 0. The molecule has 0 spiro atoms. The van der Waals surface area contributed by atoms with Gasteiger partial charge in [0, 0.05) is 18.7 Å². The molecule has 6 nitrogen and oxygen atoms in total. The van der Waals surface area contributed by atoms with Crippen LogP contribution in [0.25, 0.3) is 5.69 Å². The van der Waals surface area contributed by atoms with E-state index in [1.165, 1.54) is 0 Å². The van der Waals surface area contributed by atoms with Gasteiger partial charge in [-0.05, 0) is 9.95 Å². The predicted molar refractivity (Wildman–Crippen MR) is 59.7 cm³/mol. The van der Waals surface area contributed by atoms with Crippen LogP contribution in [0.1, 0.15) is 5.69 Å². The first-order valence-corrected chi connectivity index (χ1v) is 5.32. The Morgan fingerprint density at radius 3 is 2.82 bits per heavy atom. The van der Waals surface area contributed by atoms with Crippen molar-refractivity contribution in [3.8, 4) is 5.69 Å². The molecule has 0 aliphatic carbocycles. The van der Waals surface area contributed by atoms with Gasteiger partial charge in [-0.1, -0.05) is 18.2 Å². The van der Waals surface area contributed by atoms with E-state index in [0.717, 1.165) is 5.69 Å². The van der Waals surface area contributed by atoms with Crippen LogP contribution in [0.4, 0.5) is 0 Å². The number of aliphatic hydroxyl groups excluding tert-OH is 1. The van der Waals surface area contributed by atoms with Crippen molar-refractivity contribution in [1.29, 1.82) is 0 Å². The minimum atomic E-state index is -0.417. The molecule has 0 radical (unpaired) electrons. The average molecular weight is 236 g/mol. The van der Waals surface area contributed by atoms with Crippen LogP contribution in [-0.2, 0) is 6.54 Å². The number of rotatable bonds is 5. The summed E-state index contributed by atoms with van der Waals surface area (Å²) < 4.78 is 6.34. The van der Waals surface area contributed by atoms with Gasteiger partial charge >= 0.3 is 11.3 Å². The molecule has 0 saturated carbocycles. The number of aliphatic hydroxyl groups is 1. The van der Waals surface area contributed by atoms with Crippen molar-refractivity contribution in [2.75, 3.05) is 13.2 Å². The largest absolute Gasteiger partial charge is 0.431 e. The molecule has 0 unspecified atom stereocenters. The molecular weight excluding hydrogens is 222 g/mol. The van der Waals surface area contributed by atoms with Gasteiger partial charge in [-0.3, -0.25) is 4.52 Å². The molecule has 0 atom stereocenters. The van der Waals surface area contributed by atoms with Crippen LogP contribution in [0.2, 0.25) is 0 Å². The standard InChI is InChI=1S/C11H13N3O3/c15-7-6-12-8-10-11(16)17-13-14(10)9-4-2-1-3-5-9/h1-5,12,15H,6-8H2/p+1. The lowest BCUT2D eigenvalue weighted by Crippen LogP contribution is -2.41. The molecule has 0 saturated heterocycles. The summed E-state index contributed by atoms with van der Waals surface area (Å²) in [5.41, 5.74) is 0.864. The normalized spacial score (nSPS) is 10.6. The highest BCUT2D eigenvalue weighted by atomic mass is 16.5. The lowest BCUT2D eigenvalue weighted by Gasteiger charge is -1.96. The van der Waals surface area contributed by atoms with Crippen LogP contribution >= 0.6 is 0 Å². The predicted octanol–water partition coefficient (Wildman–Crippen LogP) is -0.674. The summed E-state index contributed by atoms with van der Waals surface area (Å²) in [6.07, 6.45) is 0. The molecule has 6 heteroatoms. The first-order chi connectivity index (χ1) is 8.33. The van der Waals surface area contributed by atoms with Crippen molar-refractivity contribution in [2.45, 2.75) is 6.54 Å². The van der Waals surface area contributed by atoms with Gasteiger partial charge in [-0.15, -0.1) is 0 Å². The first kappa shape index (κ1) is 11.6. The highest BCUT2D eigenvalue weighted by Crippen LogP contribution is 1.97. The Morgan fingerprint density at radius 2 is 2.12 bits per heavy atom. The molecule has 0 bridgehead atoms. The monoisotopic (exact) mass is 236 g/mol. The molecule has 17 heavy (non-hydrogen) atoms. The van der Waals surface area contributed by atoms with E-state index in [9.17, 15) is 4.79 Å². The molecular formula is C11H14N3O3+. The SMILES string of the molecule is O=c1o[nH][n+](-c2ccccc2)c1CNCCO. The van der Waals surface area contributed by atoms with Crippen LogP contribution in [0.5, 0.6) is 0 Å². The maximum Gasteiger partial charge on any atom is 0.431 e. The second kappa shape index (κ2) is 5.42. The molecule has 1 heterocycles. The zero-order valence-corrected chi connectivity index (χ0v) is 9.22. The number of aromatic amines is 1. The summed E-state index contributed by atoms with van der Waals surface area (Å²) in [6.45, 7) is 0.793. The van der Waals surface area contributed by atoms with Gasteiger partial charge in [0.15, 0.2) is 0 Å². The molecule has 0 aliphatic heterocycles. The molecule has 1 aromatic heterocycles. The molecule has 2 rings (SSSR count). The minimum Gasteiger partial charge on any atom is -0.395 e. The second-order valence-electron chi connectivity index (χ2n) is 3.50. The Hall–Kier alpha value is -1.92. The van der Waals surface area contributed by atoms with Gasteiger partial charge in [-0.2, -0.15) is 0 Å². The van der Waals surface area contributed by atoms with E-state index < -0.39 is 5.63 Å². The van der Waals surface area contributed by atoms with E-state index in [-0.39, 0.29) is 6.61 Å². The van der Waals surface area contributed by atoms with Crippen molar-refractivity contribution < 1.29 is 14.3 Å². The molecule has 90 valence electrons. The molecule has 0 fully saturated rings. The fourth-order valence-electron chi connectivity index (χ4n) is 1.52. The Morgan fingerprint density at radius 1 is 1.35 bits per heavy atom. The lowest BCUT2D eigenvalue weighted by molar-refractivity contribution is -0.677. The third-order valence-corrected chi connectivity index (χ3v) is 2.33. The summed E-state index contributed by atoms with van der Waals surface area (Å²) in [4.78, 5) is 11.5. The zero-order valence-electron chi connectivity index (χ0n) is 9.22. The third kappa shape index (κ3) is 2.61. The Balaban J connectivity index is 2.26. The summed E-state index contributed by atoms with van der Waals surface area (Å²) in [6, 6.07) is 9.37. The molecule has 0 aliphatic rings. The first-order valence-electron chi connectivity index (χ1n) is 5.32. The van der Waals surface area contributed by atoms with Gasteiger partial charge in [0.1, 0.15) is 0 Å². The quantitative estimate of drug-likeness (QED) is 0.475. The molecule has 3 N–H and O–H groups in total. The van der Waals surface area contributed by atoms with E-state index in [1.54, 1.807) is 4.68 Å². The van der Waals surface area contributed by atoms with Gasteiger partial charge in [0.2, 0.25) is 5.69 Å². The van der Waals surface area contributed by atoms with Gasteiger partial charge in [-0.25, -0.2) is 4.79 Å². The van der Waals surface area contributed by atoms with Crippen molar-refractivity contribution in [3.05, 3.63) is 46.4 Å². The van der Waals surface area contributed by atoms with Crippen molar-refractivity contribution in [2.24, 2.45) is 0 Å². The van der Waals surface area contributed by atoms with Crippen LogP contribution < -0.4 is 15.6 Å². The molecule has 1 aromatic carbocycles. The Kier molecular flexibility index (Phi) is 3.69. The van der Waals surface area contributed by atoms with Crippen LogP contribution in [0.15, 0.2) is 39.6 Å². The number of hydrogen-bond donors (Lipinski definition) is 3.